The lowest BCUT2D eigenvalue weighted by Crippen LogP contribution is -2.16. The second-order valence-corrected chi connectivity index (χ2v) is 7.38. The number of hydrogen-bond donors (Lipinski definition) is 1. The van der Waals surface area contributed by atoms with E-state index in [9.17, 15) is 9.18 Å². The van der Waals surface area contributed by atoms with E-state index in [2.05, 4.69) is 26.5 Å². The first-order valence-electron chi connectivity index (χ1n) is 8.19. The zero-order valence-corrected chi connectivity index (χ0v) is 17.2. The van der Waals surface area contributed by atoms with Crippen LogP contribution in [-0.2, 0) is 6.61 Å². The van der Waals surface area contributed by atoms with E-state index in [0.717, 1.165) is 0 Å². The van der Waals surface area contributed by atoms with Gasteiger partial charge in [0.15, 0.2) is 11.5 Å². The van der Waals surface area contributed by atoms with Crippen LogP contribution < -0.4 is 14.9 Å². The fourth-order valence-corrected chi connectivity index (χ4v) is 3.35. The van der Waals surface area contributed by atoms with Crippen molar-refractivity contribution in [2.75, 3.05) is 7.11 Å². The monoisotopic (exact) mass is 462 g/mol. The molecule has 144 valence electrons. The maximum atomic E-state index is 13.8. The van der Waals surface area contributed by atoms with Crippen molar-refractivity contribution in [3.63, 3.8) is 0 Å². The molecule has 3 aromatic rings. The lowest BCUT2D eigenvalue weighted by molar-refractivity contribution is 0.0959. The van der Waals surface area contributed by atoms with E-state index < -0.39 is 0 Å². The Kier molecular flexibility index (Phi) is 6.78. The van der Waals surface area contributed by atoms with Crippen LogP contribution in [0.2, 0.25) is 0 Å². The van der Waals surface area contributed by atoms with Crippen LogP contribution in [0.3, 0.4) is 0 Å². The van der Waals surface area contributed by atoms with Crippen molar-refractivity contribution < 1.29 is 18.7 Å². The Morgan fingerprint density at radius 2 is 2.07 bits per heavy atom. The number of ether oxygens (including phenoxy) is 2. The van der Waals surface area contributed by atoms with Crippen molar-refractivity contribution in [2.45, 2.75) is 6.61 Å². The number of hydrogen-bond acceptors (Lipinski definition) is 5. The van der Waals surface area contributed by atoms with Crippen molar-refractivity contribution in [3.8, 4) is 11.5 Å². The van der Waals surface area contributed by atoms with E-state index in [-0.39, 0.29) is 18.3 Å². The maximum Gasteiger partial charge on any atom is 0.281 e. The molecule has 5 nitrogen and oxygen atoms in total. The molecule has 1 aromatic heterocycles. The van der Waals surface area contributed by atoms with Gasteiger partial charge in [0.05, 0.1) is 18.2 Å². The number of nitrogens with one attached hydrogen (secondary N) is 1. The zero-order chi connectivity index (χ0) is 19.9. The summed E-state index contributed by atoms with van der Waals surface area (Å²) in [4.78, 5) is 12.5. The SMILES string of the molecule is COc1cc(/C=N\NC(=O)c2cccs2)c(Br)cc1OCc1ccccc1F. The Morgan fingerprint density at radius 3 is 2.79 bits per heavy atom. The van der Waals surface area contributed by atoms with Crippen molar-refractivity contribution >= 4 is 39.4 Å². The molecule has 1 amide bonds. The van der Waals surface area contributed by atoms with Crippen LogP contribution in [0, 0.1) is 5.82 Å². The number of thiophene rings is 1. The third-order valence-electron chi connectivity index (χ3n) is 3.74. The number of hydrazone groups is 1. The Hall–Kier alpha value is -2.71. The number of nitrogens with zero attached hydrogens (tertiary/aromatic N) is 1. The van der Waals surface area contributed by atoms with Gasteiger partial charge in [-0.05, 0) is 45.6 Å². The molecule has 0 saturated heterocycles. The normalized spacial score (nSPS) is 10.8. The second kappa shape index (κ2) is 9.48. The highest BCUT2D eigenvalue weighted by molar-refractivity contribution is 9.10. The summed E-state index contributed by atoms with van der Waals surface area (Å²) in [5.41, 5.74) is 3.60. The molecule has 1 N–H and O–H groups in total. The Balaban J connectivity index is 1.71. The molecule has 0 bridgehead atoms. The number of benzene rings is 2. The molecule has 0 aliphatic rings. The summed E-state index contributed by atoms with van der Waals surface area (Å²) in [5.74, 6) is 0.313. The van der Waals surface area contributed by atoms with Crippen molar-refractivity contribution in [2.24, 2.45) is 5.10 Å². The van der Waals surface area contributed by atoms with Crippen LogP contribution in [0.1, 0.15) is 20.8 Å². The molecular formula is C20H16BrFN2O3S. The number of carbonyl (C=O) groups is 1. The highest BCUT2D eigenvalue weighted by Gasteiger charge is 2.11. The molecule has 8 heteroatoms. The molecule has 0 atom stereocenters. The highest BCUT2D eigenvalue weighted by atomic mass is 79.9. The standard InChI is InChI=1S/C20H16BrFN2O3S/c1-26-17-9-14(11-23-24-20(25)19-7-4-8-28-19)15(21)10-18(17)27-12-13-5-2-3-6-16(13)22/h2-11H,12H2,1H3,(H,24,25)/b23-11-. The van der Waals surface area contributed by atoms with E-state index in [4.69, 9.17) is 9.47 Å². The molecular weight excluding hydrogens is 447 g/mol. The Labute approximate surface area is 173 Å². The molecule has 1 heterocycles. The summed E-state index contributed by atoms with van der Waals surface area (Å²) in [5, 5.41) is 5.79. The molecule has 0 radical (unpaired) electrons. The minimum Gasteiger partial charge on any atom is -0.493 e. The first-order valence-corrected chi connectivity index (χ1v) is 9.86. The van der Waals surface area contributed by atoms with Crippen LogP contribution in [-0.4, -0.2) is 19.2 Å². The third-order valence-corrected chi connectivity index (χ3v) is 5.29. The quantitative estimate of drug-likeness (QED) is 0.396. The molecule has 0 aliphatic heterocycles. The number of rotatable bonds is 7. The average molecular weight is 463 g/mol. The minimum absolute atomic E-state index is 0.0692. The van der Waals surface area contributed by atoms with Crippen LogP contribution in [0.4, 0.5) is 4.39 Å². The fraction of sp³-hybridized carbons (Fsp3) is 0.100. The molecule has 2 aromatic carbocycles. The first kappa shape index (κ1) is 20.0. The van der Waals surface area contributed by atoms with Gasteiger partial charge in [0, 0.05) is 15.6 Å². The predicted octanol–water partition coefficient (Wildman–Crippen LogP) is 5.00. The molecule has 0 fully saturated rings. The minimum atomic E-state index is -0.328. The van der Waals surface area contributed by atoms with Gasteiger partial charge in [0.1, 0.15) is 12.4 Å². The molecule has 0 unspecified atom stereocenters. The van der Waals surface area contributed by atoms with Gasteiger partial charge in [0.25, 0.3) is 5.91 Å². The topological polar surface area (TPSA) is 59.9 Å². The van der Waals surface area contributed by atoms with E-state index in [0.29, 0.717) is 32.0 Å². The molecule has 0 aliphatic carbocycles. The molecule has 0 spiro atoms. The number of halogens is 2. The number of carbonyl (C=O) groups excluding carboxylic acids is 1. The third kappa shape index (κ3) is 4.96. The van der Waals surface area contributed by atoms with Crippen molar-refractivity contribution in [1.82, 2.24) is 5.43 Å². The van der Waals surface area contributed by atoms with E-state index in [1.165, 1.54) is 30.7 Å². The summed E-state index contributed by atoms with van der Waals surface area (Å²) in [7, 11) is 1.51. The van der Waals surface area contributed by atoms with Crippen LogP contribution in [0.25, 0.3) is 0 Å². The second-order valence-electron chi connectivity index (χ2n) is 5.58. The molecule has 28 heavy (non-hydrogen) atoms. The summed E-state index contributed by atoms with van der Waals surface area (Å²) in [6.07, 6.45) is 1.50. The van der Waals surface area contributed by atoms with Crippen LogP contribution >= 0.6 is 27.3 Å². The summed E-state index contributed by atoms with van der Waals surface area (Å²) in [6, 6.07) is 13.4. The van der Waals surface area contributed by atoms with Crippen molar-refractivity contribution in [1.29, 1.82) is 0 Å². The summed E-state index contributed by atoms with van der Waals surface area (Å²) >= 11 is 4.78. The lowest BCUT2D eigenvalue weighted by atomic mass is 10.2. The van der Waals surface area contributed by atoms with Gasteiger partial charge in [0.2, 0.25) is 0 Å². The largest absolute Gasteiger partial charge is 0.493 e. The highest BCUT2D eigenvalue weighted by Crippen LogP contribution is 2.33. The van der Waals surface area contributed by atoms with Crippen LogP contribution in [0.15, 0.2) is 63.5 Å². The Bertz CT molecular complexity index is 993. The Morgan fingerprint density at radius 1 is 1.25 bits per heavy atom. The molecule has 0 saturated carbocycles. The summed E-state index contributed by atoms with van der Waals surface area (Å²) < 4.78 is 25.5. The van der Waals surface area contributed by atoms with E-state index >= 15 is 0 Å². The first-order chi connectivity index (χ1) is 13.6. The zero-order valence-electron chi connectivity index (χ0n) is 14.8. The number of amides is 1. The van der Waals surface area contributed by atoms with Gasteiger partial charge in [-0.25, -0.2) is 9.82 Å². The van der Waals surface area contributed by atoms with Crippen LogP contribution in [0.5, 0.6) is 11.5 Å². The van der Waals surface area contributed by atoms with Gasteiger partial charge >= 0.3 is 0 Å². The van der Waals surface area contributed by atoms with Gasteiger partial charge in [-0.2, -0.15) is 5.10 Å². The van der Waals surface area contributed by atoms with E-state index in [1.807, 2.05) is 5.38 Å². The van der Waals surface area contributed by atoms with Crippen molar-refractivity contribution in [3.05, 3.63) is 80.2 Å². The van der Waals surface area contributed by atoms with Gasteiger partial charge in [-0.15, -0.1) is 11.3 Å². The smallest absolute Gasteiger partial charge is 0.281 e. The average Bonchev–Trinajstić information content (AvgIpc) is 3.23. The fourth-order valence-electron chi connectivity index (χ4n) is 2.32. The predicted molar refractivity (Wildman–Crippen MR) is 111 cm³/mol. The maximum absolute atomic E-state index is 13.8. The molecule has 3 rings (SSSR count). The lowest BCUT2D eigenvalue weighted by Gasteiger charge is -2.13. The van der Waals surface area contributed by atoms with E-state index in [1.54, 1.807) is 42.5 Å². The van der Waals surface area contributed by atoms with Gasteiger partial charge < -0.3 is 9.47 Å². The van der Waals surface area contributed by atoms with Gasteiger partial charge in [-0.3, -0.25) is 4.79 Å². The van der Waals surface area contributed by atoms with Gasteiger partial charge in [-0.1, -0.05) is 24.3 Å². The summed E-state index contributed by atoms with van der Waals surface area (Å²) in [6.45, 7) is 0.0692. The number of methoxy groups -OCH3 is 1.